The first kappa shape index (κ1) is 9.65. The molecule has 15 heavy (non-hydrogen) atoms. The number of hydrogen-bond acceptors (Lipinski definition) is 3. The zero-order valence-corrected chi connectivity index (χ0v) is 8.38. The van der Waals surface area contributed by atoms with E-state index in [1.165, 1.54) is 0 Å². The topological polar surface area (TPSA) is 39.2 Å². The molecule has 3 heteroatoms. The summed E-state index contributed by atoms with van der Waals surface area (Å²) in [6.07, 6.45) is 2.01. The van der Waals surface area contributed by atoms with Crippen LogP contribution in [0.25, 0.3) is 10.9 Å². The van der Waals surface area contributed by atoms with Gasteiger partial charge in [0.15, 0.2) is 12.4 Å². The van der Waals surface area contributed by atoms with Gasteiger partial charge in [-0.2, -0.15) is 0 Å². The van der Waals surface area contributed by atoms with Crippen LogP contribution in [0.3, 0.4) is 0 Å². The Bertz CT molecular complexity index is 477. The van der Waals surface area contributed by atoms with Gasteiger partial charge in [0, 0.05) is 11.6 Å². The summed E-state index contributed by atoms with van der Waals surface area (Å²) in [4.78, 5) is 14.7. The number of para-hydroxylation sites is 1. The lowest BCUT2D eigenvalue weighted by molar-refractivity contribution is -0.113. The lowest BCUT2D eigenvalue weighted by atomic mass is 10.2. The van der Waals surface area contributed by atoms with E-state index in [4.69, 9.17) is 4.74 Å². The fraction of sp³-hybridized carbons (Fsp3) is 0.167. The Morgan fingerprint density at radius 1 is 1.33 bits per heavy atom. The normalized spacial score (nSPS) is 12.3. The van der Waals surface area contributed by atoms with Crippen molar-refractivity contribution in [2.75, 3.05) is 0 Å². The fourth-order valence-corrected chi connectivity index (χ4v) is 1.40. The zero-order chi connectivity index (χ0) is 10.7. The molecule has 76 valence electrons. The highest BCUT2D eigenvalue weighted by molar-refractivity contribution is 5.84. The van der Waals surface area contributed by atoms with Crippen molar-refractivity contribution in [3.63, 3.8) is 0 Å². The van der Waals surface area contributed by atoms with Crippen LogP contribution in [0, 0.1) is 0 Å². The number of carbonyl (C=O) groups excluding carboxylic acids is 1. The van der Waals surface area contributed by atoms with Crippen LogP contribution in [0.15, 0.2) is 36.5 Å². The molecule has 0 N–H and O–H groups in total. The molecule has 0 saturated heterocycles. The maximum Gasteiger partial charge on any atom is 0.160 e. The van der Waals surface area contributed by atoms with Crippen LogP contribution in [0.1, 0.15) is 6.92 Å². The number of rotatable bonds is 3. The third-order valence-corrected chi connectivity index (χ3v) is 2.11. The third-order valence-electron chi connectivity index (χ3n) is 2.11. The van der Waals surface area contributed by atoms with Gasteiger partial charge in [-0.25, -0.2) is 0 Å². The van der Waals surface area contributed by atoms with Crippen molar-refractivity contribution in [2.24, 2.45) is 0 Å². The van der Waals surface area contributed by atoms with Crippen molar-refractivity contribution >= 4 is 17.2 Å². The first-order valence-electron chi connectivity index (χ1n) is 4.77. The van der Waals surface area contributed by atoms with Crippen LogP contribution in [-0.4, -0.2) is 17.4 Å². The maximum absolute atomic E-state index is 10.5. The maximum atomic E-state index is 10.5. The van der Waals surface area contributed by atoms with Gasteiger partial charge in [-0.3, -0.25) is 9.78 Å². The molecule has 0 aliphatic heterocycles. The number of ether oxygens (including phenoxy) is 1. The molecular weight excluding hydrogens is 190 g/mol. The molecular formula is C12H11NO2. The molecule has 0 fully saturated rings. The average Bonchev–Trinajstić information content (AvgIpc) is 2.29. The largest absolute Gasteiger partial charge is 0.483 e. The first-order chi connectivity index (χ1) is 7.31. The molecule has 1 heterocycles. The molecule has 0 saturated carbocycles. The molecule has 1 atom stereocenters. The van der Waals surface area contributed by atoms with Crippen molar-refractivity contribution in [3.8, 4) is 5.75 Å². The van der Waals surface area contributed by atoms with Gasteiger partial charge in [0.25, 0.3) is 0 Å². The van der Waals surface area contributed by atoms with E-state index in [1.54, 1.807) is 19.2 Å². The predicted octanol–water partition coefficient (Wildman–Crippen LogP) is 2.20. The van der Waals surface area contributed by atoms with E-state index < -0.39 is 6.10 Å². The second-order valence-corrected chi connectivity index (χ2v) is 3.29. The molecule has 0 aliphatic rings. The van der Waals surface area contributed by atoms with Gasteiger partial charge < -0.3 is 4.74 Å². The van der Waals surface area contributed by atoms with Crippen molar-refractivity contribution in [2.45, 2.75) is 13.0 Å². The summed E-state index contributed by atoms with van der Waals surface area (Å²) in [5, 5.41) is 0.925. The number of benzene rings is 1. The molecule has 0 bridgehead atoms. The second kappa shape index (κ2) is 4.09. The number of pyridine rings is 1. The van der Waals surface area contributed by atoms with E-state index in [2.05, 4.69) is 4.98 Å². The molecule has 3 nitrogen and oxygen atoms in total. The molecule has 0 spiro atoms. The van der Waals surface area contributed by atoms with Crippen LogP contribution in [0.2, 0.25) is 0 Å². The third kappa shape index (κ3) is 1.96. The van der Waals surface area contributed by atoms with Gasteiger partial charge in [-0.1, -0.05) is 12.1 Å². The van der Waals surface area contributed by atoms with Crippen LogP contribution >= 0.6 is 0 Å². The van der Waals surface area contributed by atoms with Crippen LogP contribution in [-0.2, 0) is 4.79 Å². The summed E-state index contributed by atoms with van der Waals surface area (Å²) in [6.45, 7) is 1.71. The number of carbonyl (C=O) groups is 1. The lowest BCUT2D eigenvalue weighted by Crippen LogP contribution is -2.12. The Kier molecular flexibility index (Phi) is 2.63. The van der Waals surface area contributed by atoms with Gasteiger partial charge >= 0.3 is 0 Å². The molecule has 2 rings (SSSR count). The number of nitrogens with zero attached hydrogens (tertiary/aromatic N) is 1. The highest BCUT2D eigenvalue weighted by atomic mass is 16.5. The van der Waals surface area contributed by atoms with E-state index in [-0.39, 0.29) is 0 Å². The minimum Gasteiger partial charge on any atom is -0.483 e. The standard InChI is InChI=1S/C12H11NO2/c1-9(8-14)15-12-6-7-13-11-5-3-2-4-10(11)12/h2-9H,1H3/t9-/m0/s1. The summed E-state index contributed by atoms with van der Waals surface area (Å²) in [5.74, 6) is 0.695. The minimum absolute atomic E-state index is 0.434. The highest BCUT2D eigenvalue weighted by Crippen LogP contribution is 2.23. The van der Waals surface area contributed by atoms with Gasteiger partial charge in [-0.15, -0.1) is 0 Å². The van der Waals surface area contributed by atoms with Gasteiger partial charge in [-0.05, 0) is 25.1 Å². The molecule has 0 amide bonds. The summed E-state index contributed by atoms with van der Waals surface area (Å²) >= 11 is 0. The summed E-state index contributed by atoms with van der Waals surface area (Å²) in [6, 6.07) is 9.44. The van der Waals surface area contributed by atoms with E-state index in [9.17, 15) is 4.79 Å². The van der Waals surface area contributed by atoms with Crippen molar-refractivity contribution in [3.05, 3.63) is 36.5 Å². The molecule has 1 aromatic heterocycles. The monoisotopic (exact) mass is 201 g/mol. The van der Waals surface area contributed by atoms with Crippen molar-refractivity contribution < 1.29 is 9.53 Å². The van der Waals surface area contributed by atoms with E-state index >= 15 is 0 Å². The average molecular weight is 201 g/mol. The molecule has 0 aliphatic carbocycles. The summed E-state index contributed by atoms with van der Waals surface area (Å²) in [7, 11) is 0. The Balaban J connectivity index is 2.46. The Hall–Kier alpha value is -1.90. The first-order valence-corrected chi connectivity index (χ1v) is 4.77. The van der Waals surface area contributed by atoms with Crippen molar-refractivity contribution in [1.82, 2.24) is 4.98 Å². The zero-order valence-electron chi connectivity index (χ0n) is 8.38. The number of hydrogen-bond donors (Lipinski definition) is 0. The molecule has 0 unspecified atom stereocenters. The number of fused-ring (bicyclic) bond motifs is 1. The van der Waals surface area contributed by atoms with Crippen molar-refractivity contribution in [1.29, 1.82) is 0 Å². The SMILES string of the molecule is C[C@@H](C=O)Oc1ccnc2ccccc12. The van der Waals surface area contributed by atoms with E-state index in [0.29, 0.717) is 5.75 Å². The molecule has 1 aromatic carbocycles. The van der Waals surface area contributed by atoms with E-state index in [0.717, 1.165) is 17.2 Å². The van der Waals surface area contributed by atoms with Gasteiger partial charge in [0.2, 0.25) is 0 Å². The highest BCUT2D eigenvalue weighted by Gasteiger charge is 2.05. The number of aldehydes is 1. The minimum atomic E-state index is -0.434. The Labute approximate surface area is 87.7 Å². The smallest absolute Gasteiger partial charge is 0.160 e. The number of aromatic nitrogens is 1. The molecule has 2 aromatic rings. The van der Waals surface area contributed by atoms with Gasteiger partial charge in [0.05, 0.1) is 5.52 Å². The summed E-state index contributed by atoms with van der Waals surface area (Å²) in [5.41, 5.74) is 0.869. The van der Waals surface area contributed by atoms with Gasteiger partial charge in [0.1, 0.15) is 5.75 Å². The summed E-state index contributed by atoms with van der Waals surface area (Å²) < 4.78 is 5.47. The fourth-order valence-electron chi connectivity index (χ4n) is 1.40. The van der Waals surface area contributed by atoms with Crippen LogP contribution in [0.4, 0.5) is 0 Å². The molecule has 0 radical (unpaired) electrons. The van der Waals surface area contributed by atoms with Crippen LogP contribution < -0.4 is 4.74 Å². The second-order valence-electron chi connectivity index (χ2n) is 3.29. The Morgan fingerprint density at radius 2 is 2.13 bits per heavy atom. The Morgan fingerprint density at radius 3 is 2.93 bits per heavy atom. The quantitative estimate of drug-likeness (QED) is 0.714. The van der Waals surface area contributed by atoms with Crippen LogP contribution in [0.5, 0.6) is 5.75 Å². The van der Waals surface area contributed by atoms with E-state index in [1.807, 2.05) is 24.3 Å². The lowest BCUT2D eigenvalue weighted by Gasteiger charge is -2.10. The predicted molar refractivity (Wildman–Crippen MR) is 57.9 cm³/mol.